The molecule has 1 aliphatic carbocycles. The molecule has 1 aromatic carbocycles. The molecule has 1 atom stereocenters. The summed E-state index contributed by atoms with van der Waals surface area (Å²) in [6, 6.07) is 7.29. The Bertz CT molecular complexity index is 433. The van der Waals surface area contributed by atoms with E-state index in [0.717, 1.165) is 18.0 Å². The molecule has 0 radical (unpaired) electrons. The van der Waals surface area contributed by atoms with Crippen molar-refractivity contribution in [3.05, 3.63) is 35.4 Å². The highest BCUT2D eigenvalue weighted by atomic mass is 16.2. The fourth-order valence-corrected chi connectivity index (χ4v) is 2.81. The molecule has 0 spiro atoms. The maximum absolute atomic E-state index is 12.1. The minimum absolute atomic E-state index is 0.0625. The van der Waals surface area contributed by atoms with Crippen LogP contribution in [0.2, 0.25) is 0 Å². The topological polar surface area (TPSA) is 55.1 Å². The van der Waals surface area contributed by atoms with Gasteiger partial charge in [-0.3, -0.25) is 4.79 Å². The fraction of sp³-hybridized carbons (Fsp3) is 0.588. The van der Waals surface area contributed by atoms with Crippen molar-refractivity contribution in [3.8, 4) is 0 Å². The van der Waals surface area contributed by atoms with E-state index in [9.17, 15) is 4.79 Å². The van der Waals surface area contributed by atoms with E-state index < -0.39 is 6.04 Å². The van der Waals surface area contributed by atoms with Crippen molar-refractivity contribution in [2.75, 3.05) is 6.54 Å². The smallest absolute Gasteiger partial charge is 0.241 e. The summed E-state index contributed by atoms with van der Waals surface area (Å²) in [5, 5.41) is 3.02. The summed E-state index contributed by atoms with van der Waals surface area (Å²) < 4.78 is 0. The Balaban J connectivity index is 1.80. The monoisotopic (exact) mass is 274 g/mol. The molecule has 3 heteroatoms. The van der Waals surface area contributed by atoms with Crippen molar-refractivity contribution in [2.45, 2.75) is 45.6 Å². The van der Waals surface area contributed by atoms with E-state index in [1.807, 2.05) is 31.2 Å². The van der Waals surface area contributed by atoms with Gasteiger partial charge in [-0.1, -0.05) is 49.6 Å². The highest BCUT2D eigenvalue weighted by Crippen LogP contribution is 2.27. The average Bonchev–Trinajstić information content (AvgIpc) is 2.46. The maximum Gasteiger partial charge on any atom is 0.241 e. The van der Waals surface area contributed by atoms with Crippen molar-refractivity contribution in [1.82, 2.24) is 5.32 Å². The zero-order valence-electron chi connectivity index (χ0n) is 12.6. The van der Waals surface area contributed by atoms with Crippen LogP contribution < -0.4 is 11.1 Å². The molecule has 3 nitrogen and oxygen atoms in total. The van der Waals surface area contributed by atoms with Crippen LogP contribution in [0.3, 0.4) is 0 Å². The van der Waals surface area contributed by atoms with Crippen LogP contribution in [-0.4, -0.2) is 12.5 Å². The molecule has 1 amide bonds. The number of rotatable bonds is 4. The minimum atomic E-state index is -0.557. The lowest BCUT2D eigenvalue weighted by Crippen LogP contribution is -2.37. The SMILES string of the molecule is Cc1ccc(C(N)C(=O)NCC2CCC(C)CC2)cc1. The first-order chi connectivity index (χ1) is 9.56. The van der Waals surface area contributed by atoms with Gasteiger partial charge in [-0.2, -0.15) is 0 Å². The van der Waals surface area contributed by atoms with Crippen molar-refractivity contribution >= 4 is 5.91 Å². The van der Waals surface area contributed by atoms with Gasteiger partial charge in [-0.25, -0.2) is 0 Å². The molecule has 20 heavy (non-hydrogen) atoms. The Morgan fingerprint density at radius 3 is 2.45 bits per heavy atom. The van der Waals surface area contributed by atoms with Crippen LogP contribution in [-0.2, 0) is 4.79 Å². The molecule has 2 rings (SSSR count). The van der Waals surface area contributed by atoms with E-state index in [4.69, 9.17) is 5.73 Å². The summed E-state index contributed by atoms with van der Waals surface area (Å²) in [7, 11) is 0. The quantitative estimate of drug-likeness (QED) is 0.887. The Labute approximate surface area is 121 Å². The predicted octanol–water partition coefficient (Wildman–Crippen LogP) is 2.94. The molecule has 0 heterocycles. The van der Waals surface area contributed by atoms with E-state index in [-0.39, 0.29) is 5.91 Å². The number of nitrogens with one attached hydrogen (secondary N) is 1. The summed E-state index contributed by atoms with van der Waals surface area (Å²) in [4.78, 5) is 12.1. The van der Waals surface area contributed by atoms with E-state index in [1.54, 1.807) is 0 Å². The molecule has 1 saturated carbocycles. The number of carbonyl (C=O) groups excluding carboxylic acids is 1. The molecule has 1 aromatic rings. The minimum Gasteiger partial charge on any atom is -0.354 e. The number of nitrogens with two attached hydrogens (primary N) is 1. The molecule has 0 saturated heterocycles. The number of amides is 1. The average molecular weight is 274 g/mol. The summed E-state index contributed by atoms with van der Waals surface area (Å²) in [5.41, 5.74) is 8.07. The maximum atomic E-state index is 12.1. The van der Waals surface area contributed by atoms with Crippen LogP contribution >= 0.6 is 0 Å². The van der Waals surface area contributed by atoms with Gasteiger partial charge >= 0.3 is 0 Å². The van der Waals surface area contributed by atoms with Crippen LogP contribution in [0.25, 0.3) is 0 Å². The summed E-state index contributed by atoms with van der Waals surface area (Å²) in [6.45, 7) is 5.10. The number of hydrogen-bond donors (Lipinski definition) is 2. The lowest BCUT2D eigenvalue weighted by molar-refractivity contribution is -0.122. The summed E-state index contributed by atoms with van der Waals surface area (Å²) in [5.74, 6) is 1.41. The number of aryl methyl sites for hydroxylation is 1. The first kappa shape index (κ1) is 15.0. The van der Waals surface area contributed by atoms with Crippen LogP contribution in [0.4, 0.5) is 0 Å². The third-order valence-electron chi connectivity index (χ3n) is 4.42. The number of benzene rings is 1. The van der Waals surface area contributed by atoms with Crippen molar-refractivity contribution in [3.63, 3.8) is 0 Å². The Morgan fingerprint density at radius 2 is 1.85 bits per heavy atom. The summed E-state index contributed by atoms with van der Waals surface area (Å²) in [6.07, 6.45) is 5.01. The Morgan fingerprint density at radius 1 is 1.25 bits per heavy atom. The molecule has 1 aliphatic rings. The third kappa shape index (κ3) is 4.07. The van der Waals surface area contributed by atoms with Gasteiger partial charge < -0.3 is 11.1 Å². The molecule has 110 valence electrons. The Hall–Kier alpha value is -1.35. The van der Waals surface area contributed by atoms with Gasteiger partial charge in [0.2, 0.25) is 5.91 Å². The lowest BCUT2D eigenvalue weighted by Gasteiger charge is -2.26. The first-order valence-electron chi connectivity index (χ1n) is 7.66. The highest BCUT2D eigenvalue weighted by Gasteiger charge is 2.20. The zero-order valence-corrected chi connectivity index (χ0v) is 12.6. The van der Waals surface area contributed by atoms with Crippen LogP contribution in [0.1, 0.15) is 49.8 Å². The van der Waals surface area contributed by atoms with E-state index >= 15 is 0 Å². The van der Waals surface area contributed by atoms with Gasteiger partial charge in [-0.15, -0.1) is 0 Å². The van der Waals surface area contributed by atoms with Crippen molar-refractivity contribution in [1.29, 1.82) is 0 Å². The molecular weight excluding hydrogens is 248 g/mol. The second-order valence-electron chi connectivity index (χ2n) is 6.26. The molecule has 1 fully saturated rings. The second kappa shape index (κ2) is 6.89. The van der Waals surface area contributed by atoms with Crippen LogP contribution in [0, 0.1) is 18.8 Å². The molecule has 0 aromatic heterocycles. The van der Waals surface area contributed by atoms with Crippen LogP contribution in [0.5, 0.6) is 0 Å². The lowest BCUT2D eigenvalue weighted by atomic mass is 9.83. The van der Waals surface area contributed by atoms with Gasteiger partial charge in [-0.05, 0) is 37.2 Å². The second-order valence-corrected chi connectivity index (χ2v) is 6.26. The standard InChI is InChI=1S/C17H26N2O/c1-12-3-7-14(8-4-12)11-19-17(20)16(18)15-9-5-13(2)6-10-15/h5-6,9-10,12,14,16H,3-4,7-8,11,18H2,1-2H3,(H,19,20). The van der Waals surface area contributed by atoms with Gasteiger partial charge in [0.15, 0.2) is 0 Å². The fourth-order valence-electron chi connectivity index (χ4n) is 2.81. The largest absolute Gasteiger partial charge is 0.354 e. The van der Waals surface area contributed by atoms with Gasteiger partial charge in [0, 0.05) is 6.54 Å². The number of hydrogen-bond acceptors (Lipinski definition) is 2. The summed E-state index contributed by atoms with van der Waals surface area (Å²) >= 11 is 0. The molecule has 1 unspecified atom stereocenters. The normalized spacial score (nSPS) is 24.1. The number of carbonyl (C=O) groups is 1. The van der Waals surface area contributed by atoms with Crippen molar-refractivity contribution < 1.29 is 4.79 Å². The van der Waals surface area contributed by atoms with Crippen LogP contribution in [0.15, 0.2) is 24.3 Å². The zero-order chi connectivity index (χ0) is 14.5. The molecule has 0 bridgehead atoms. The van der Waals surface area contributed by atoms with E-state index in [0.29, 0.717) is 5.92 Å². The molecule has 0 aliphatic heterocycles. The van der Waals surface area contributed by atoms with Crippen molar-refractivity contribution in [2.24, 2.45) is 17.6 Å². The van der Waals surface area contributed by atoms with Gasteiger partial charge in [0.1, 0.15) is 6.04 Å². The predicted molar refractivity (Wildman–Crippen MR) is 82.2 cm³/mol. The van der Waals surface area contributed by atoms with Gasteiger partial charge in [0.25, 0.3) is 0 Å². The van der Waals surface area contributed by atoms with Gasteiger partial charge in [0.05, 0.1) is 0 Å². The van der Waals surface area contributed by atoms with E-state index in [1.165, 1.54) is 31.2 Å². The van der Waals surface area contributed by atoms with E-state index in [2.05, 4.69) is 12.2 Å². The Kier molecular flexibility index (Phi) is 5.18. The molecule has 3 N–H and O–H groups in total. The molecular formula is C17H26N2O. The highest BCUT2D eigenvalue weighted by molar-refractivity contribution is 5.82. The first-order valence-corrected chi connectivity index (χ1v) is 7.66. The third-order valence-corrected chi connectivity index (χ3v) is 4.42.